The number of halogens is 1. The molecule has 0 saturated carbocycles. The number of nitrogens with zero attached hydrogens (tertiary/aromatic N) is 3. The summed E-state index contributed by atoms with van der Waals surface area (Å²) in [6.07, 6.45) is 3.45. The molecule has 0 fully saturated rings. The quantitative estimate of drug-likeness (QED) is 0.468. The highest BCUT2D eigenvalue weighted by molar-refractivity contribution is 7.24. The maximum absolute atomic E-state index is 12.6. The topological polar surface area (TPSA) is 67.8 Å². The van der Waals surface area contributed by atoms with Crippen molar-refractivity contribution in [3.8, 4) is 21.1 Å². The Balaban J connectivity index is 1.54. The van der Waals surface area contributed by atoms with E-state index in [-0.39, 0.29) is 5.91 Å². The highest BCUT2D eigenvalue weighted by atomic mass is 35.5. The van der Waals surface area contributed by atoms with E-state index >= 15 is 0 Å². The zero-order valence-corrected chi connectivity index (χ0v) is 16.6. The van der Waals surface area contributed by atoms with E-state index in [9.17, 15) is 4.79 Å². The minimum absolute atomic E-state index is 0.207. The molecule has 5 nitrogen and oxygen atoms in total. The lowest BCUT2D eigenvalue weighted by Crippen LogP contribution is -2.11. The van der Waals surface area contributed by atoms with E-state index in [1.165, 1.54) is 34.0 Å². The Morgan fingerprint density at radius 2 is 2.08 bits per heavy atom. The number of nitrogens with one attached hydrogen (secondary N) is 1. The molecule has 0 radical (unpaired) electrons. The van der Waals surface area contributed by atoms with Crippen LogP contribution in [0.4, 0.5) is 5.13 Å². The standard InChI is InChI=1S/C17H11ClN4OS3/c1-9-14(26-16(20-9)12-4-5-13(18)25-12)15(23)22-17-21-11(8-24-17)10-3-2-6-19-7-10/h2-8H,1H3,(H,21,22,23). The molecule has 0 aliphatic rings. The average Bonchev–Trinajstić information content (AvgIpc) is 3.36. The number of amides is 1. The molecular weight excluding hydrogens is 408 g/mol. The van der Waals surface area contributed by atoms with E-state index in [2.05, 4.69) is 20.3 Å². The number of thiophene rings is 1. The van der Waals surface area contributed by atoms with Gasteiger partial charge >= 0.3 is 0 Å². The van der Waals surface area contributed by atoms with Crippen molar-refractivity contribution >= 4 is 56.7 Å². The van der Waals surface area contributed by atoms with Crippen LogP contribution >= 0.6 is 45.6 Å². The van der Waals surface area contributed by atoms with Crippen LogP contribution in [0.1, 0.15) is 15.4 Å². The van der Waals surface area contributed by atoms with Crippen LogP contribution in [0, 0.1) is 6.92 Å². The molecule has 4 aromatic heterocycles. The van der Waals surface area contributed by atoms with Crippen LogP contribution in [0.5, 0.6) is 0 Å². The SMILES string of the molecule is Cc1nc(-c2ccc(Cl)s2)sc1C(=O)Nc1nc(-c2cccnc2)cs1. The van der Waals surface area contributed by atoms with Crippen molar-refractivity contribution in [1.82, 2.24) is 15.0 Å². The third kappa shape index (κ3) is 3.54. The normalized spacial score (nSPS) is 10.8. The number of carbonyl (C=O) groups excluding carboxylic acids is 1. The summed E-state index contributed by atoms with van der Waals surface area (Å²) in [4.78, 5) is 27.2. The number of pyridine rings is 1. The molecule has 1 N–H and O–H groups in total. The van der Waals surface area contributed by atoms with Gasteiger partial charge in [0.1, 0.15) is 9.88 Å². The second kappa shape index (κ2) is 7.24. The molecule has 4 rings (SSSR count). The smallest absolute Gasteiger partial charge is 0.269 e. The van der Waals surface area contributed by atoms with Crippen molar-refractivity contribution in [3.63, 3.8) is 0 Å². The van der Waals surface area contributed by atoms with Crippen LogP contribution in [0.15, 0.2) is 42.0 Å². The molecule has 0 aliphatic heterocycles. The lowest BCUT2D eigenvalue weighted by Gasteiger charge is -1.99. The second-order valence-corrected chi connectivity index (χ2v) is 8.84. The number of thiazole rings is 2. The Labute approximate surface area is 166 Å². The van der Waals surface area contributed by atoms with Crippen LogP contribution in [-0.2, 0) is 0 Å². The molecule has 0 unspecified atom stereocenters. The number of anilines is 1. The van der Waals surface area contributed by atoms with Gasteiger partial charge in [-0.05, 0) is 31.2 Å². The molecule has 4 aromatic rings. The highest BCUT2D eigenvalue weighted by Crippen LogP contribution is 2.35. The summed E-state index contributed by atoms with van der Waals surface area (Å²) in [6, 6.07) is 7.52. The van der Waals surface area contributed by atoms with Crippen molar-refractivity contribution in [2.45, 2.75) is 6.92 Å². The molecule has 0 bridgehead atoms. The van der Waals surface area contributed by atoms with Crippen molar-refractivity contribution in [2.24, 2.45) is 0 Å². The van der Waals surface area contributed by atoms with Gasteiger partial charge in [-0.25, -0.2) is 9.97 Å². The fourth-order valence-corrected chi connectivity index (χ4v) is 5.05. The Hall–Kier alpha value is -2.13. The fraction of sp³-hybridized carbons (Fsp3) is 0.0588. The van der Waals surface area contributed by atoms with E-state index in [0.717, 1.165) is 21.1 Å². The first-order valence-electron chi connectivity index (χ1n) is 7.50. The van der Waals surface area contributed by atoms with E-state index in [4.69, 9.17) is 11.6 Å². The van der Waals surface area contributed by atoms with Gasteiger partial charge in [-0.15, -0.1) is 34.0 Å². The number of aromatic nitrogens is 3. The van der Waals surface area contributed by atoms with E-state index < -0.39 is 0 Å². The van der Waals surface area contributed by atoms with Gasteiger partial charge in [-0.1, -0.05) is 11.6 Å². The third-order valence-corrected chi connectivity index (χ3v) is 6.78. The number of rotatable bonds is 4. The lowest BCUT2D eigenvalue weighted by atomic mass is 10.2. The van der Waals surface area contributed by atoms with Crippen LogP contribution in [0.25, 0.3) is 21.1 Å². The lowest BCUT2D eigenvalue weighted by molar-refractivity contribution is 0.103. The fourth-order valence-electron chi connectivity index (χ4n) is 2.27. The summed E-state index contributed by atoms with van der Waals surface area (Å²) < 4.78 is 0.699. The zero-order valence-electron chi connectivity index (χ0n) is 13.4. The van der Waals surface area contributed by atoms with Crippen LogP contribution in [-0.4, -0.2) is 20.9 Å². The monoisotopic (exact) mass is 418 g/mol. The van der Waals surface area contributed by atoms with Crippen LogP contribution < -0.4 is 5.32 Å². The second-order valence-electron chi connectivity index (χ2n) is 5.27. The minimum Gasteiger partial charge on any atom is -0.297 e. The van der Waals surface area contributed by atoms with Crippen LogP contribution in [0.3, 0.4) is 0 Å². The largest absolute Gasteiger partial charge is 0.297 e. The molecule has 0 atom stereocenters. The molecule has 1 amide bonds. The van der Waals surface area contributed by atoms with Crippen LogP contribution in [0.2, 0.25) is 4.34 Å². The number of carbonyl (C=O) groups is 1. The maximum atomic E-state index is 12.6. The summed E-state index contributed by atoms with van der Waals surface area (Å²) in [5, 5.41) is 6.08. The van der Waals surface area contributed by atoms with Gasteiger partial charge in [0.05, 0.1) is 20.6 Å². The van der Waals surface area contributed by atoms with E-state index in [0.29, 0.717) is 20.0 Å². The number of hydrogen-bond donors (Lipinski definition) is 1. The van der Waals surface area contributed by atoms with Gasteiger partial charge in [-0.3, -0.25) is 15.1 Å². The highest BCUT2D eigenvalue weighted by Gasteiger charge is 2.18. The van der Waals surface area contributed by atoms with E-state index in [1.807, 2.05) is 36.6 Å². The minimum atomic E-state index is -0.207. The van der Waals surface area contributed by atoms with Gasteiger partial charge in [0, 0.05) is 23.3 Å². The summed E-state index contributed by atoms with van der Waals surface area (Å²) in [5.74, 6) is -0.207. The van der Waals surface area contributed by atoms with Crippen molar-refractivity contribution in [1.29, 1.82) is 0 Å². The third-order valence-electron chi connectivity index (χ3n) is 3.47. The molecule has 0 spiro atoms. The molecular formula is C17H11ClN4OS3. The first kappa shape index (κ1) is 17.3. The van der Waals surface area contributed by atoms with Gasteiger partial charge in [-0.2, -0.15) is 0 Å². The van der Waals surface area contributed by atoms with Gasteiger partial charge < -0.3 is 0 Å². The predicted molar refractivity (Wildman–Crippen MR) is 108 cm³/mol. The summed E-state index contributed by atoms with van der Waals surface area (Å²) in [7, 11) is 0. The Morgan fingerprint density at radius 3 is 2.81 bits per heavy atom. The van der Waals surface area contributed by atoms with Gasteiger partial charge in [0.2, 0.25) is 0 Å². The molecule has 9 heteroatoms. The first-order valence-corrected chi connectivity index (χ1v) is 10.4. The Bertz CT molecular complexity index is 1070. The molecule has 130 valence electrons. The Morgan fingerprint density at radius 1 is 1.19 bits per heavy atom. The molecule has 4 heterocycles. The summed E-state index contributed by atoms with van der Waals surface area (Å²) in [6.45, 7) is 1.83. The van der Waals surface area contributed by atoms with Crippen molar-refractivity contribution < 1.29 is 4.79 Å². The number of aryl methyl sites for hydroxylation is 1. The summed E-state index contributed by atoms with van der Waals surface area (Å²) >= 11 is 10.2. The molecule has 0 saturated heterocycles. The number of hydrogen-bond acceptors (Lipinski definition) is 7. The maximum Gasteiger partial charge on any atom is 0.269 e. The van der Waals surface area contributed by atoms with Crippen molar-refractivity contribution in [2.75, 3.05) is 5.32 Å². The predicted octanol–water partition coefficient (Wildman–Crippen LogP) is 5.60. The molecule has 26 heavy (non-hydrogen) atoms. The molecule has 0 aromatic carbocycles. The summed E-state index contributed by atoms with van der Waals surface area (Å²) in [5.41, 5.74) is 2.39. The Kier molecular flexibility index (Phi) is 4.82. The van der Waals surface area contributed by atoms with Gasteiger partial charge in [0.15, 0.2) is 5.13 Å². The van der Waals surface area contributed by atoms with Gasteiger partial charge in [0.25, 0.3) is 5.91 Å². The first-order chi connectivity index (χ1) is 12.6. The van der Waals surface area contributed by atoms with E-state index in [1.54, 1.807) is 12.4 Å². The van der Waals surface area contributed by atoms with Crippen molar-refractivity contribution in [3.05, 3.63) is 56.9 Å². The average molecular weight is 419 g/mol. The zero-order chi connectivity index (χ0) is 18.1. The molecule has 0 aliphatic carbocycles.